The Kier molecular flexibility index (Phi) is 5.57. The molecule has 0 heterocycles. The van der Waals surface area contributed by atoms with Crippen LogP contribution in [-0.2, 0) is 0 Å². The van der Waals surface area contributed by atoms with Gasteiger partial charge in [0.1, 0.15) is 23.5 Å². The van der Waals surface area contributed by atoms with Crippen molar-refractivity contribution in [2.45, 2.75) is 13.3 Å². The second-order valence-electron chi connectivity index (χ2n) is 3.42. The lowest BCUT2D eigenvalue weighted by Crippen LogP contribution is -1.96. The zero-order valence-electron chi connectivity index (χ0n) is 9.90. The van der Waals surface area contributed by atoms with Gasteiger partial charge in [-0.2, -0.15) is 10.5 Å². The van der Waals surface area contributed by atoms with Gasteiger partial charge in [0.15, 0.2) is 0 Å². The van der Waals surface area contributed by atoms with Crippen molar-refractivity contribution >= 4 is 17.3 Å². The Hall–Kier alpha value is -2.17. The van der Waals surface area contributed by atoms with Crippen molar-refractivity contribution in [2.24, 2.45) is 0 Å². The summed E-state index contributed by atoms with van der Waals surface area (Å²) >= 11 is 6.03. The minimum Gasteiger partial charge on any atom is -0.492 e. The van der Waals surface area contributed by atoms with Gasteiger partial charge in [-0.3, -0.25) is 0 Å². The van der Waals surface area contributed by atoms with E-state index in [1.807, 2.05) is 6.92 Å². The SMILES string of the molecule is CCCOc1ccc(NC=C(C#N)C#N)cc1Cl. The summed E-state index contributed by atoms with van der Waals surface area (Å²) in [6.07, 6.45) is 2.24. The lowest BCUT2D eigenvalue weighted by molar-refractivity contribution is 0.317. The van der Waals surface area contributed by atoms with Gasteiger partial charge in [0.2, 0.25) is 0 Å². The van der Waals surface area contributed by atoms with Gasteiger partial charge in [-0.15, -0.1) is 0 Å². The number of halogens is 1. The predicted octanol–water partition coefficient (Wildman–Crippen LogP) is 3.47. The summed E-state index contributed by atoms with van der Waals surface area (Å²) in [5.41, 5.74) is 0.685. The molecular weight excluding hydrogens is 250 g/mol. The first kappa shape index (κ1) is 13.9. The zero-order valence-corrected chi connectivity index (χ0v) is 10.7. The second kappa shape index (κ2) is 7.21. The quantitative estimate of drug-likeness (QED) is 0.824. The Balaban J connectivity index is 2.77. The number of hydrogen-bond donors (Lipinski definition) is 1. The molecule has 1 aromatic rings. The van der Waals surface area contributed by atoms with Gasteiger partial charge in [0, 0.05) is 11.9 Å². The highest BCUT2D eigenvalue weighted by atomic mass is 35.5. The third-order valence-electron chi connectivity index (χ3n) is 2.02. The van der Waals surface area contributed by atoms with Gasteiger partial charge < -0.3 is 10.1 Å². The summed E-state index contributed by atoms with van der Waals surface area (Å²) in [6.45, 7) is 2.62. The van der Waals surface area contributed by atoms with E-state index < -0.39 is 0 Å². The first-order valence-electron chi connectivity index (χ1n) is 5.40. The maximum Gasteiger partial charge on any atom is 0.145 e. The number of nitrogens with zero attached hydrogens (tertiary/aromatic N) is 2. The van der Waals surface area contributed by atoms with Crippen LogP contribution in [0.15, 0.2) is 30.0 Å². The van der Waals surface area contributed by atoms with Gasteiger partial charge in [-0.1, -0.05) is 18.5 Å². The van der Waals surface area contributed by atoms with E-state index in [4.69, 9.17) is 26.9 Å². The summed E-state index contributed by atoms with van der Waals surface area (Å²) < 4.78 is 5.43. The van der Waals surface area contributed by atoms with Crippen LogP contribution in [0.5, 0.6) is 5.75 Å². The van der Waals surface area contributed by atoms with Crippen molar-refractivity contribution < 1.29 is 4.74 Å². The second-order valence-corrected chi connectivity index (χ2v) is 3.83. The topological polar surface area (TPSA) is 68.8 Å². The molecule has 0 atom stereocenters. The smallest absolute Gasteiger partial charge is 0.145 e. The third-order valence-corrected chi connectivity index (χ3v) is 2.31. The summed E-state index contributed by atoms with van der Waals surface area (Å²) in [7, 11) is 0. The number of nitriles is 2. The van der Waals surface area contributed by atoms with Crippen LogP contribution < -0.4 is 10.1 Å². The van der Waals surface area contributed by atoms with Crippen molar-refractivity contribution in [2.75, 3.05) is 11.9 Å². The van der Waals surface area contributed by atoms with E-state index in [1.165, 1.54) is 6.20 Å². The standard InChI is InChI=1S/C13H12ClN3O/c1-2-5-18-13-4-3-11(6-12(13)14)17-9-10(7-15)8-16/h3-4,6,9,17H,2,5H2,1H3. The molecule has 0 saturated carbocycles. The van der Waals surface area contributed by atoms with Gasteiger partial charge in [0.05, 0.1) is 11.6 Å². The third kappa shape index (κ3) is 4.01. The molecule has 1 N–H and O–H groups in total. The number of benzene rings is 1. The summed E-state index contributed by atoms with van der Waals surface area (Å²) in [4.78, 5) is 0. The highest BCUT2D eigenvalue weighted by molar-refractivity contribution is 6.32. The molecule has 0 amide bonds. The zero-order chi connectivity index (χ0) is 13.4. The molecule has 0 spiro atoms. The summed E-state index contributed by atoms with van der Waals surface area (Å²) in [5, 5.41) is 20.5. The van der Waals surface area contributed by atoms with Crippen LogP contribution >= 0.6 is 11.6 Å². The predicted molar refractivity (Wildman–Crippen MR) is 70.2 cm³/mol. The van der Waals surface area contributed by atoms with Crippen molar-refractivity contribution in [1.82, 2.24) is 0 Å². The van der Waals surface area contributed by atoms with Crippen LogP contribution in [0.1, 0.15) is 13.3 Å². The van der Waals surface area contributed by atoms with E-state index in [0.29, 0.717) is 23.1 Å². The lowest BCUT2D eigenvalue weighted by atomic mass is 10.3. The normalized spacial score (nSPS) is 8.89. The number of rotatable bonds is 5. The molecule has 0 aliphatic rings. The van der Waals surface area contributed by atoms with E-state index >= 15 is 0 Å². The van der Waals surface area contributed by atoms with E-state index in [1.54, 1.807) is 30.3 Å². The largest absolute Gasteiger partial charge is 0.492 e. The Morgan fingerprint density at radius 1 is 1.44 bits per heavy atom. The molecular formula is C13H12ClN3O. The molecule has 18 heavy (non-hydrogen) atoms. The number of nitrogens with one attached hydrogen (secondary N) is 1. The van der Waals surface area contributed by atoms with Crippen molar-refractivity contribution in [3.05, 3.63) is 35.0 Å². The number of ether oxygens (including phenoxy) is 1. The Morgan fingerprint density at radius 2 is 2.17 bits per heavy atom. The van der Waals surface area contributed by atoms with Crippen molar-refractivity contribution in [3.8, 4) is 17.9 Å². The molecule has 0 fully saturated rings. The number of anilines is 1. The van der Waals surface area contributed by atoms with Crippen molar-refractivity contribution in [3.63, 3.8) is 0 Å². The van der Waals surface area contributed by atoms with Crippen molar-refractivity contribution in [1.29, 1.82) is 10.5 Å². The molecule has 0 bridgehead atoms. The van der Waals surface area contributed by atoms with Gasteiger partial charge in [-0.25, -0.2) is 0 Å². The molecule has 0 saturated heterocycles. The molecule has 0 radical (unpaired) electrons. The van der Waals surface area contributed by atoms with Crippen LogP contribution in [-0.4, -0.2) is 6.61 Å². The van der Waals surface area contributed by atoms with Crippen LogP contribution in [0.2, 0.25) is 5.02 Å². The van der Waals surface area contributed by atoms with Gasteiger partial charge in [-0.05, 0) is 24.6 Å². The van der Waals surface area contributed by atoms with Gasteiger partial charge in [0.25, 0.3) is 0 Å². The fraction of sp³-hybridized carbons (Fsp3) is 0.231. The highest BCUT2D eigenvalue weighted by Gasteiger charge is 2.02. The van der Waals surface area contributed by atoms with Crippen LogP contribution in [0.3, 0.4) is 0 Å². The molecule has 1 rings (SSSR count). The molecule has 5 heteroatoms. The molecule has 0 unspecified atom stereocenters. The minimum atomic E-state index is -0.00238. The fourth-order valence-corrected chi connectivity index (χ4v) is 1.40. The summed E-state index contributed by atoms with van der Waals surface area (Å²) in [6, 6.07) is 8.69. The molecule has 92 valence electrons. The summed E-state index contributed by atoms with van der Waals surface area (Å²) in [5.74, 6) is 0.619. The first-order chi connectivity index (χ1) is 8.71. The number of allylic oxidation sites excluding steroid dienone is 1. The van der Waals surface area contributed by atoms with E-state index in [2.05, 4.69) is 5.32 Å². The first-order valence-corrected chi connectivity index (χ1v) is 5.78. The van der Waals surface area contributed by atoms with Gasteiger partial charge >= 0.3 is 0 Å². The fourth-order valence-electron chi connectivity index (χ4n) is 1.16. The van der Waals surface area contributed by atoms with E-state index in [-0.39, 0.29) is 5.57 Å². The number of hydrogen-bond acceptors (Lipinski definition) is 4. The average Bonchev–Trinajstić information content (AvgIpc) is 2.39. The Morgan fingerprint density at radius 3 is 2.72 bits per heavy atom. The van der Waals surface area contributed by atoms with Crippen LogP contribution in [0, 0.1) is 22.7 Å². The van der Waals surface area contributed by atoms with Crippen LogP contribution in [0.4, 0.5) is 5.69 Å². The molecule has 1 aromatic carbocycles. The maximum absolute atomic E-state index is 8.57. The maximum atomic E-state index is 8.57. The Bertz CT molecular complexity index is 510. The average molecular weight is 262 g/mol. The molecule has 0 aromatic heterocycles. The lowest BCUT2D eigenvalue weighted by Gasteiger charge is -2.08. The molecule has 0 aliphatic heterocycles. The molecule has 0 aliphatic carbocycles. The Labute approximate surface area is 111 Å². The van der Waals surface area contributed by atoms with E-state index in [0.717, 1.165) is 6.42 Å². The van der Waals surface area contributed by atoms with Crippen LogP contribution in [0.25, 0.3) is 0 Å². The monoisotopic (exact) mass is 261 g/mol. The highest BCUT2D eigenvalue weighted by Crippen LogP contribution is 2.27. The minimum absolute atomic E-state index is 0.00238. The molecule has 4 nitrogen and oxygen atoms in total. The van der Waals surface area contributed by atoms with E-state index in [9.17, 15) is 0 Å².